The second kappa shape index (κ2) is 7.63. The molecule has 2 rings (SSSR count). The number of pyridine rings is 1. The smallest absolute Gasteiger partial charge is 0.367 e. The van der Waals surface area contributed by atoms with Crippen molar-refractivity contribution in [1.82, 2.24) is 9.88 Å². The summed E-state index contributed by atoms with van der Waals surface area (Å²) >= 11 is 0. The Kier molecular flexibility index (Phi) is 5.93. The summed E-state index contributed by atoms with van der Waals surface area (Å²) < 4.78 is 40.1. The monoisotopic (exact) mass is 371 g/mol. The van der Waals surface area contributed by atoms with Crippen LogP contribution < -0.4 is 5.73 Å². The molecular weight excluding hydrogens is 347 g/mol. The summed E-state index contributed by atoms with van der Waals surface area (Å²) in [7, 11) is 0. The van der Waals surface area contributed by atoms with Crippen LogP contribution >= 0.6 is 0 Å². The molecule has 5 nitrogen and oxygen atoms in total. The lowest BCUT2D eigenvalue weighted by atomic mass is 9.69. The lowest BCUT2D eigenvalue weighted by Crippen LogP contribution is -2.65. The van der Waals surface area contributed by atoms with Crippen molar-refractivity contribution in [3.63, 3.8) is 0 Å². The number of carbonyl (C=O) groups is 2. The van der Waals surface area contributed by atoms with Crippen LogP contribution in [0.2, 0.25) is 0 Å². The standard InChI is InChI=1S/C18H24F3N3O2/c1-12(2)24(16(26)18(19,20)21)17(15(22)25,13-6-4-3-5-7-13)14-8-10-23-11-9-14/h8-13H,3-7H2,1-2H3,(H2,22,25). The number of carbonyl (C=O) groups excluding carboxylic acids is 2. The van der Waals surface area contributed by atoms with Gasteiger partial charge in [-0.15, -0.1) is 0 Å². The summed E-state index contributed by atoms with van der Waals surface area (Å²) in [4.78, 5) is 29.6. The number of hydrogen-bond acceptors (Lipinski definition) is 3. The Hall–Kier alpha value is -2.12. The molecule has 0 saturated heterocycles. The summed E-state index contributed by atoms with van der Waals surface area (Å²) in [5.41, 5.74) is 4.15. The van der Waals surface area contributed by atoms with Crippen LogP contribution in [0.5, 0.6) is 0 Å². The van der Waals surface area contributed by atoms with Crippen molar-refractivity contribution in [3.8, 4) is 0 Å². The first-order chi connectivity index (χ1) is 12.1. The predicted octanol–water partition coefficient (Wildman–Crippen LogP) is 3.14. The Labute approximate surface area is 150 Å². The van der Waals surface area contributed by atoms with E-state index in [4.69, 9.17) is 5.73 Å². The van der Waals surface area contributed by atoms with Crippen LogP contribution in [-0.4, -0.2) is 33.9 Å². The van der Waals surface area contributed by atoms with E-state index in [1.54, 1.807) is 0 Å². The molecule has 1 heterocycles. The Bertz CT molecular complexity index is 643. The average molecular weight is 371 g/mol. The third-order valence-corrected chi connectivity index (χ3v) is 5.05. The van der Waals surface area contributed by atoms with E-state index in [9.17, 15) is 22.8 Å². The minimum absolute atomic E-state index is 0.276. The van der Waals surface area contributed by atoms with Crippen molar-refractivity contribution >= 4 is 11.8 Å². The van der Waals surface area contributed by atoms with Gasteiger partial charge in [-0.25, -0.2) is 0 Å². The third-order valence-electron chi connectivity index (χ3n) is 5.05. The van der Waals surface area contributed by atoms with Crippen molar-refractivity contribution in [3.05, 3.63) is 30.1 Å². The summed E-state index contributed by atoms with van der Waals surface area (Å²) in [5, 5.41) is 0. The molecule has 0 bridgehead atoms. The maximum absolute atomic E-state index is 13.4. The normalized spacial score (nSPS) is 18.4. The number of aromatic nitrogens is 1. The van der Waals surface area contributed by atoms with Gasteiger partial charge in [-0.3, -0.25) is 14.6 Å². The number of amides is 2. The lowest BCUT2D eigenvalue weighted by molar-refractivity contribution is -0.199. The molecule has 2 amide bonds. The molecule has 26 heavy (non-hydrogen) atoms. The van der Waals surface area contributed by atoms with Crippen molar-refractivity contribution in [1.29, 1.82) is 0 Å². The molecule has 1 aliphatic carbocycles. The van der Waals surface area contributed by atoms with E-state index >= 15 is 0 Å². The maximum Gasteiger partial charge on any atom is 0.471 e. The van der Waals surface area contributed by atoms with Gasteiger partial charge >= 0.3 is 12.1 Å². The highest BCUT2D eigenvalue weighted by Crippen LogP contribution is 2.46. The minimum atomic E-state index is -5.10. The van der Waals surface area contributed by atoms with Crippen LogP contribution in [0, 0.1) is 5.92 Å². The molecule has 1 aromatic rings. The fourth-order valence-electron chi connectivity index (χ4n) is 4.10. The second-order valence-electron chi connectivity index (χ2n) is 6.97. The predicted molar refractivity (Wildman–Crippen MR) is 89.7 cm³/mol. The van der Waals surface area contributed by atoms with Crippen LogP contribution in [0.25, 0.3) is 0 Å². The highest BCUT2D eigenvalue weighted by molar-refractivity contribution is 5.93. The molecular formula is C18H24F3N3O2. The zero-order chi connectivity index (χ0) is 19.5. The van der Waals surface area contributed by atoms with Crippen molar-refractivity contribution in [2.45, 2.75) is 63.7 Å². The summed E-state index contributed by atoms with van der Waals surface area (Å²) in [6.45, 7) is 2.93. The van der Waals surface area contributed by atoms with Crippen molar-refractivity contribution in [2.24, 2.45) is 11.7 Å². The number of rotatable bonds is 5. The van der Waals surface area contributed by atoms with Crippen LogP contribution in [0.1, 0.15) is 51.5 Å². The van der Waals surface area contributed by atoms with E-state index in [0.29, 0.717) is 17.7 Å². The molecule has 1 unspecified atom stereocenters. The van der Waals surface area contributed by atoms with Gasteiger partial charge in [0.25, 0.3) is 0 Å². The van der Waals surface area contributed by atoms with E-state index in [-0.39, 0.29) is 5.56 Å². The highest BCUT2D eigenvalue weighted by Gasteiger charge is 2.58. The topological polar surface area (TPSA) is 76.3 Å². The first-order valence-electron chi connectivity index (χ1n) is 8.74. The fourth-order valence-corrected chi connectivity index (χ4v) is 4.10. The van der Waals surface area contributed by atoms with E-state index in [1.807, 2.05) is 0 Å². The molecule has 1 atom stereocenters. The third kappa shape index (κ3) is 3.54. The number of hydrogen-bond donors (Lipinski definition) is 1. The lowest BCUT2D eigenvalue weighted by Gasteiger charge is -2.50. The molecule has 2 N–H and O–H groups in total. The van der Waals surface area contributed by atoms with Gasteiger partial charge in [0, 0.05) is 18.4 Å². The SMILES string of the molecule is CC(C)N(C(=O)C(F)(F)F)C(C(N)=O)(c1ccncc1)C1CCCCC1. The molecule has 0 aliphatic heterocycles. The largest absolute Gasteiger partial charge is 0.471 e. The van der Waals surface area contributed by atoms with Crippen LogP contribution in [0.3, 0.4) is 0 Å². The molecule has 0 radical (unpaired) electrons. The van der Waals surface area contributed by atoms with Gasteiger partial charge in [0.05, 0.1) is 0 Å². The van der Waals surface area contributed by atoms with Gasteiger partial charge in [-0.1, -0.05) is 19.3 Å². The van der Waals surface area contributed by atoms with Gasteiger partial charge in [0.2, 0.25) is 5.91 Å². The maximum atomic E-state index is 13.4. The van der Waals surface area contributed by atoms with Crippen LogP contribution in [0.4, 0.5) is 13.2 Å². The Morgan fingerprint density at radius 1 is 1.15 bits per heavy atom. The quantitative estimate of drug-likeness (QED) is 0.864. The van der Waals surface area contributed by atoms with Crippen molar-refractivity contribution in [2.75, 3.05) is 0 Å². The van der Waals surface area contributed by atoms with Crippen LogP contribution in [0.15, 0.2) is 24.5 Å². The number of nitrogens with zero attached hydrogens (tertiary/aromatic N) is 2. The number of nitrogens with two attached hydrogens (primary N) is 1. The first-order valence-corrected chi connectivity index (χ1v) is 8.74. The van der Waals surface area contributed by atoms with Gasteiger partial charge in [-0.05, 0) is 50.3 Å². The molecule has 144 valence electrons. The molecule has 1 aliphatic rings. The highest BCUT2D eigenvalue weighted by atomic mass is 19.4. The molecule has 8 heteroatoms. The van der Waals surface area contributed by atoms with E-state index in [1.165, 1.54) is 38.4 Å². The number of alkyl halides is 3. The van der Waals surface area contributed by atoms with Gasteiger partial charge in [0.1, 0.15) is 5.54 Å². The minimum Gasteiger partial charge on any atom is -0.367 e. The first kappa shape index (κ1) is 20.2. The summed E-state index contributed by atoms with van der Waals surface area (Å²) in [6.07, 6.45) is 1.23. The summed E-state index contributed by atoms with van der Waals surface area (Å²) in [6, 6.07) is 2.07. The average Bonchev–Trinajstić information content (AvgIpc) is 2.59. The van der Waals surface area contributed by atoms with E-state index in [2.05, 4.69) is 4.98 Å². The zero-order valence-corrected chi connectivity index (χ0v) is 14.9. The molecule has 1 saturated carbocycles. The van der Waals surface area contributed by atoms with Crippen molar-refractivity contribution < 1.29 is 22.8 Å². The van der Waals surface area contributed by atoms with Gasteiger partial charge in [0.15, 0.2) is 0 Å². The Morgan fingerprint density at radius 3 is 2.12 bits per heavy atom. The molecule has 1 aromatic heterocycles. The number of primary amides is 1. The van der Waals surface area contributed by atoms with Crippen LogP contribution in [-0.2, 0) is 15.1 Å². The molecule has 1 fully saturated rings. The Morgan fingerprint density at radius 2 is 1.69 bits per heavy atom. The van der Waals surface area contributed by atoms with E-state index in [0.717, 1.165) is 19.3 Å². The molecule has 0 aromatic carbocycles. The summed E-state index contributed by atoms with van der Waals surface area (Å²) in [5.74, 6) is -3.47. The molecule has 0 spiro atoms. The fraction of sp³-hybridized carbons (Fsp3) is 0.611. The van der Waals surface area contributed by atoms with E-state index < -0.39 is 35.5 Å². The van der Waals surface area contributed by atoms with Gasteiger partial charge in [-0.2, -0.15) is 13.2 Å². The Balaban J connectivity index is 2.75. The number of halogens is 3. The zero-order valence-electron chi connectivity index (χ0n) is 14.9. The second-order valence-corrected chi connectivity index (χ2v) is 6.97. The van der Waals surface area contributed by atoms with Gasteiger partial charge < -0.3 is 10.6 Å².